The van der Waals surface area contributed by atoms with Gasteiger partial charge in [-0.05, 0) is 12.5 Å². The normalized spacial score (nSPS) is 20.1. The summed E-state index contributed by atoms with van der Waals surface area (Å²) in [7, 11) is 0. The van der Waals surface area contributed by atoms with E-state index >= 15 is 0 Å². The average molecular weight is 287 g/mol. The molecule has 1 unspecified atom stereocenters. The summed E-state index contributed by atoms with van der Waals surface area (Å²) in [6, 6.07) is 11.3. The summed E-state index contributed by atoms with van der Waals surface area (Å²) in [4.78, 5) is 7.15. The van der Waals surface area contributed by atoms with Gasteiger partial charge < -0.3 is 5.32 Å². The monoisotopic (exact) mass is 287 g/mol. The molecule has 1 fully saturated rings. The number of aromatic nitrogens is 1. The predicted molar refractivity (Wildman–Crippen MR) is 84.2 cm³/mol. The molecule has 1 aliphatic heterocycles. The largest absolute Gasteiger partial charge is 0.314 e. The van der Waals surface area contributed by atoms with Crippen molar-refractivity contribution in [2.45, 2.75) is 19.4 Å². The standard InChI is InChI=1S/C16H21N3S/c1-13-18-15(12-20-13)7-9-19-10-8-17-11-16(19)14-5-3-2-4-6-14/h2-6,12,16-17H,7-11H2,1H3. The second-order valence-electron chi connectivity index (χ2n) is 5.27. The number of thiazole rings is 1. The Morgan fingerprint density at radius 2 is 2.20 bits per heavy atom. The zero-order valence-corrected chi connectivity index (χ0v) is 12.7. The minimum atomic E-state index is 0.490. The van der Waals surface area contributed by atoms with Crippen molar-refractivity contribution in [2.75, 3.05) is 26.2 Å². The lowest BCUT2D eigenvalue weighted by atomic mass is 10.0. The molecule has 2 heterocycles. The van der Waals surface area contributed by atoms with E-state index in [0.717, 1.165) is 32.6 Å². The van der Waals surface area contributed by atoms with E-state index in [-0.39, 0.29) is 0 Å². The predicted octanol–water partition coefficient (Wildman–Crippen LogP) is 2.64. The van der Waals surface area contributed by atoms with Gasteiger partial charge in [-0.25, -0.2) is 4.98 Å². The number of benzene rings is 1. The molecule has 1 N–H and O–H groups in total. The summed E-state index contributed by atoms with van der Waals surface area (Å²) in [6.45, 7) is 6.40. The number of piperazine rings is 1. The third-order valence-corrected chi connectivity index (χ3v) is 4.68. The van der Waals surface area contributed by atoms with Crippen LogP contribution in [0.5, 0.6) is 0 Å². The first-order valence-corrected chi connectivity index (χ1v) is 8.11. The molecule has 20 heavy (non-hydrogen) atoms. The zero-order chi connectivity index (χ0) is 13.8. The Balaban J connectivity index is 1.66. The number of nitrogens with zero attached hydrogens (tertiary/aromatic N) is 2. The molecular weight excluding hydrogens is 266 g/mol. The molecule has 1 aliphatic rings. The Morgan fingerprint density at radius 3 is 2.95 bits per heavy atom. The van der Waals surface area contributed by atoms with E-state index in [9.17, 15) is 0 Å². The van der Waals surface area contributed by atoms with Crippen molar-refractivity contribution in [1.82, 2.24) is 15.2 Å². The van der Waals surface area contributed by atoms with E-state index in [1.807, 2.05) is 0 Å². The van der Waals surface area contributed by atoms with Crippen LogP contribution < -0.4 is 5.32 Å². The van der Waals surface area contributed by atoms with Crippen LogP contribution in [0.25, 0.3) is 0 Å². The van der Waals surface area contributed by atoms with E-state index in [1.165, 1.54) is 16.3 Å². The maximum absolute atomic E-state index is 4.57. The first-order valence-electron chi connectivity index (χ1n) is 7.23. The van der Waals surface area contributed by atoms with Crippen molar-refractivity contribution in [1.29, 1.82) is 0 Å². The summed E-state index contributed by atoms with van der Waals surface area (Å²) < 4.78 is 0. The first-order chi connectivity index (χ1) is 9.83. The molecule has 3 nitrogen and oxygen atoms in total. The SMILES string of the molecule is Cc1nc(CCN2CCNCC2c2ccccc2)cs1. The van der Waals surface area contributed by atoms with Crippen molar-refractivity contribution >= 4 is 11.3 Å². The minimum Gasteiger partial charge on any atom is -0.314 e. The molecule has 0 radical (unpaired) electrons. The van der Waals surface area contributed by atoms with Gasteiger partial charge in [0.25, 0.3) is 0 Å². The van der Waals surface area contributed by atoms with Gasteiger partial charge >= 0.3 is 0 Å². The molecule has 1 aromatic heterocycles. The Kier molecular flexibility index (Phi) is 4.45. The van der Waals surface area contributed by atoms with Crippen molar-refractivity contribution < 1.29 is 0 Å². The molecule has 1 saturated heterocycles. The summed E-state index contributed by atoms with van der Waals surface area (Å²) in [6.07, 6.45) is 1.05. The first kappa shape index (κ1) is 13.7. The van der Waals surface area contributed by atoms with Crippen LogP contribution in [0.1, 0.15) is 22.3 Å². The van der Waals surface area contributed by atoms with Gasteiger partial charge in [0.15, 0.2) is 0 Å². The third kappa shape index (κ3) is 3.26. The van der Waals surface area contributed by atoms with Crippen molar-refractivity contribution in [3.8, 4) is 0 Å². The number of aryl methyl sites for hydroxylation is 1. The van der Waals surface area contributed by atoms with Crippen molar-refractivity contribution in [2.24, 2.45) is 0 Å². The number of hydrogen-bond donors (Lipinski definition) is 1. The Labute approximate surface area is 124 Å². The Hall–Kier alpha value is -1.23. The zero-order valence-electron chi connectivity index (χ0n) is 11.9. The fourth-order valence-corrected chi connectivity index (χ4v) is 3.45. The maximum Gasteiger partial charge on any atom is 0.0897 e. The molecular formula is C16H21N3S. The molecule has 4 heteroatoms. The number of rotatable bonds is 4. The van der Waals surface area contributed by atoms with E-state index < -0.39 is 0 Å². The molecule has 3 rings (SSSR count). The summed E-state index contributed by atoms with van der Waals surface area (Å²) >= 11 is 1.75. The molecule has 1 atom stereocenters. The van der Waals surface area contributed by atoms with Gasteiger partial charge in [-0.3, -0.25) is 4.90 Å². The van der Waals surface area contributed by atoms with Crippen LogP contribution in [0.4, 0.5) is 0 Å². The lowest BCUT2D eigenvalue weighted by Crippen LogP contribution is -2.46. The molecule has 0 saturated carbocycles. The highest BCUT2D eigenvalue weighted by Gasteiger charge is 2.23. The average Bonchev–Trinajstić information content (AvgIpc) is 2.92. The smallest absolute Gasteiger partial charge is 0.0897 e. The Morgan fingerprint density at radius 1 is 1.35 bits per heavy atom. The van der Waals surface area contributed by atoms with E-state index in [2.05, 4.69) is 57.8 Å². The molecule has 0 bridgehead atoms. The van der Waals surface area contributed by atoms with E-state index in [0.29, 0.717) is 6.04 Å². The Bertz CT molecular complexity index is 538. The van der Waals surface area contributed by atoms with Crippen molar-refractivity contribution in [3.63, 3.8) is 0 Å². The number of nitrogens with one attached hydrogen (secondary N) is 1. The fraction of sp³-hybridized carbons (Fsp3) is 0.438. The highest BCUT2D eigenvalue weighted by molar-refractivity contribution is 7.09. The third-order valence-electron chi connectivity index (χ3n) is 3.86. The van der Waals surface area contributed by atoms with Crippen LogP contribution in [0.2, 0.25) is 0 Å². The highest BCUT2D eigenvalue weighted by Crippen LogP contribution is 2.22. The number of hydrogen-bond acceptors (Lipinski definition) is 4. The molecule has 0 spiro atoms. The fourth-order valence-electron chi connectivity index (χ4n) is 2.80. The summed E-state index contributed by atoms with van der Waals surface area (Å²) in [5.74, 6) is 0. The minimum absolute atomic E-state index is 0.490. The van der Waals surface area contributed by atoms with Gasteiger partial charge in [0.1, 0.15) is 0 Å². The van der Waals surface area contributed by atoms with Gasteiger partial charge in [0.2, 0.25) is 0 Å². The topological polar surface area (TPSA) is 28.2 Å². The van der Waals surface area contributed by atoms with E-state index in [1.54, 1.807) is 11.3 Å². The van der Waals surface area contributed by atoms with Crippen molar-refractivity contribution in [3.05, 3.63) is 52.0 Å². The van der Waals surface area contributed by atoms with E-state index in [4.69, 9.17) is 0 Å². The lowest BCUT2D eigenvalue weighted by molar-refractivity contribution is 0.163. The maximum atomic E-state index is 4.57. The van der Waals surface area contributed by atoms with Gasteiger partial charge in [-0.15, -0.1) is 11.3 Å². The summed E-state index contributed by atoms with van der Waals surface area (Å²) in [5.41, 5.74) is 2.65. The van der Waals surface area contributed by atoms with Gasteiger partial charge in [0.05, 0.1) is 10.7 Å². The summed E-state index contributed by atoms with van der Waals surface area (Å²) in [5, 5.41) is 6.87. The molecule has 0 amide bonds. The molecule has 106 valence electrons. The second kappa shape index (κ2) is 6.48. The molecule has 2 aromatic rings. The highest BCUT2D eigenvalue weighted by atomic mass is 32.1. The lowest BCUT2D eigenvalue weighted by Gasteiger charge is -2.36. The van der Waals surface area contributed by atoms with Crippen LogP contribution in [0.3, 0.4) is 0 Å². The van der Waals surface area contributed by atoms with Crippen LogP contribution >= 0.6 is 11.3 Å². The molecule has 1 aromatic carbocycles. The van der Waals surface area contributed by atoms with Crippen LogP contribution in [-0.4, -0.2) is 36.1 Å². The van der Waals surface area contributed by atoms with Gasteiger partial charge in [-0.1, -0.05) is 30.3 Å². The van der Waals surface area contributed by atoms with Crippen LogP contribution in [0.15, 0.2) is 35.7 Å². The van der Waals surface area contributed by atoms with Gasteiger partial charge in [0, 0.05) is 44.0 Å². The van der Waals surface area contributed by atoms with Crippen LogP contribution in [0, 0.1) is 6.92 Å². The second-order valence-corrected chi connectivity index (χ2v) is 6.34. The quantitative estimate of drug-likeness (QED) is 0.937. The van der Waals surface area contributed by atoms with Gasteiger partial charge in [-0.2, -0.15) is 0 Å². The van der Waals surface area contributed by atoms with Crippen LogP contribution in [-0.2, 0) is 6.42 Å². The molecule has 0 aliphatic carbocycles.